The average Bonchev–Trinajstić information content (AvgIpc) is 2.70. The van der Waals surface area contributed by atoms with E-state index in [1.165, 1.54) is 4.90 Å². The standard InChI is InChI=1S/C23H31N3O5S/c1-5-14-26(15-22(27)24-21-9-7-6-8-18(21)4)23(28)16-32(29,30)25-19-10-12-20(13-11-19)31-17(2)3/h6-13,17,25H,5,14-16H2,1-4H3,(H,24,27). The van der Waals surface area contributed by atoms with E-state index in [9.17, 15) is 18.0 Å². The molecule has 0 aliphatic carbocycles. The molecule has 0 saturated heterocycles. The molecule has 0 spiro atoms. The van der Waals surface area contributed by atoms with Crippen molar-refractivity contribution < 1.29 is 22.7 Å². The van der Waals surface area contributed by atoms with Crippen molar-refractivity contribution in [1.82, 2.24) is 4.90 Å². The Labute approximate surface area is 190 Å². The first kappa shape index (κ1) is 25.2. The van der Waals surface area contributed by atoms with Crippen molar-refractivity contribution in [2.45, 2.75) is 40.2 Å². The molecule has 0 aromatic heterocycles. The van der Waals surface area contributed by atoms with Crippen LogP contribution in [-0.4, -0.2) is 50.1 Å². The molecule has 9 heteroatoms. The second-order valence-electron chi connectivity index (χ2n) is 7.73. The minimum absolute atomic E-state index is 0.00252. The highest BCUT2D eigenvalue weighted by Gasteiger charge is 2.23. The number of sulfonamides is 1. The zero-order valence-electron chi connectivity index (χ0n) is 18.9. The van der Waals surface area contributed by atoms with Gasteiger partial charge in [0.25, 0.3) is 0 Å². The van der Waals surface area contributed by atoms with Gasteiger partial charge in [0.2, 0.25) is 21.8 Å². The number of carbonyl (C=O) groups excluding carboxylic acids is 2. The van der Waals surface area contributed by atoms with E-state index in [1.54, 1.807) is 36.4 Å². The molecule has 2 amide bonds. The van der Waals surface area contributed by atoms with Gasteiger partial charge >= 0.3 is 0 Å². The second kappa shape index (κ2) is 11.5. The third-order valence-electron chi connectivity index (χ3n) is 4.41. The lowest BCUT2D eigenvalue weighted by Gasteiger charge is -2.22. The average molecular weight is 462 g/mol. The first-order chi connectivity index (χ1) is 15.1. The highest BCUT2D eigenvalue weighted by molar-refractivity contribution is 7.93. The molecule has 0 atom stereocenters. The maximum Gasteiger partial charge on any atom is 0.244 e. The van der Waals surface area contributed by atoms with Crippen molar-refractivity contribution in [3.63, 3.8) is 0 Å². The molecular weight excluding hydrogens is 430 g/mol. The molecule has 0 fully saturated rings. The fraction of sp³-hybridized carbons (Fsp3) is 0.391. The van der Waals surface area contributed by atoms with Crippen molar-refractivity contribution in [2.24, 2.45) is 0 Å². The van der Waals surface area contributed by atoms with Crippen molar-refractivity contribution in [3.05, 3.63) is 54.1 Å². The molecule has 32 heavy (non-hydrogen) atoms. The Morgan fingerprint density at radius 1 is 1.06 bits per heavy atom. The van der Waals surface area contributed by atoms with Gasteiger partial charge in [-0.3, -0.25) is 14.3 Å². The number of para-hydroxylation sites is 1. The van der Waals surface area contributed by atoms with Crippen molar-refractivity contribution in [2.75, 3.05) is 28.9 Å². The number of aryl methyl sites for hydroxylation is 1. The van der Waals surface area contributed by atoms with Gasteiger partial charge in [0.05, 0.1) is 12.6 Å². The van der Waals surface area contributed by atoms with Crippen molar-refractivity contribution >= 4 is 33.2 Å². The van der Waals surface area contributed by atoms with Gasteiger partial charge in [0, 0.05) is 17.9 Å². The molecule has 0 aliphatic heterocycles. The Hall–Kier alpha value is -3.07. The highest BCUT2D eigenvalue weighted by Crippen LogP contribution is 2.18. The minimum Gasteiger partial charge on any atom is -0.491 e. The van der Waals surface area contributed by atoms with Crippen LogP contribution in [0.25, 0.3) is 0 Å². The van der Waals surface area contributed by atoms with Crippen LogP contribution in [0.15, 0.2) is 48.5 Å². The molecular formula is C23H31N3O5S. The molecule has 0 bridgehead atoms. The first-order valence-corrected chi connectivity index (χ1v) is 12.2. The summed E-state index contributed by atoms with van der Waals surface area (Å²) < 4.78 is 33.0. The molecule has 2 aromatic rings. The van der Waals surface area contributed by atoms with Crippen LogP contribution in [0.4, 0.5) is 11.4 Å². The topological polar surface area (TPSA) is 105 Å². The zero-order valence-corrected chi connectivity index (χ0v) is 19.7. The number of benzene rings is 2. The summed E-state index contributed by atoms with van der Waals surface area (Å²) in [6.07, 6.45) is 0.594. The lowest BCUT2D eigenvalue weighted by atomic mass is 10.2. The third kappa shape index (κ3) is 8.22. The number of nitrogens with one attached hydrogen (secondary N) is 2. The van der Waals surface area contributed by atoms with Gasteiger partial charge in [-0.2, -0.15) is 0 Å². The van der Waals surface area contributed by atoms with E-state index in [1.807, 2.05) is 39.8 Å². The van der Waals surface area contributed by atoms with Crippen LogP contribution in [0.1, 0.15) is 32.8 Å². The summed E-state index contributed by atoms with van der Waals surface area (Å²) in [5.74, 6) is -1.16. The van der Waals surface area contributed by atoms with Crippen LogP contribution in [0.5, 0.6) is 5.75 Å². The second-order valence-corrected chi connectivity index (χ2v) is 9.45. The molecule has 0 heterocycles. The maximum atomic E-state index is 12.7. The largest absolute Gasteiger partial charge is 0.491 e. The normalized spacial score (nSPS) is 11.2. The van der Waals surface area contributed by atoms with E-state index in [2.05, 4.69) is 10.0 Å². The smallest absolute Gasteiger partial charge is 0.244 e. The number of amides is 2. The van der Waals surface area contributed by atoms with Crippen LogP contribution >= 0.6 is 0 Å². The molecule has 0 aliphatic rings. The number of anilines is 2. The number of ether oxygens (including phenoxy) is 1. The predicted molar refractivity (Wildman–Crippen MR) is 126 cm³/mol. The van der Waals surface area contributed by atoms with Crippen LogP contribution in [-0.2, 0) is 19.6 Å². The van der Waals surface area contributed by atoms with Crippen molar-refractivity contribution in [3.8, 4) is 5.75 Å². The minimum atomic E-state index is -3.95. The molecule has 8 nitrogen and oxygen atoms in total. The van der Waals surface area contributed by atoms with Crippen LogP contribution in [0.3, 0.4) is 0 Å². The summed E-state index contributed by atoms with van der Waals surface area (Å²) in [6.45, 7) is 7.56. The maximum absolute atomic E-state index is 12.7. The van der Waals surface area contributed by atoms with E-state index in [0.717, 1.165) is 5.56 Å². The Morgan fingerprint density at radius 3 is 2.31 bits per heavy atom. The molecule has 0 radical (unpaired) electrons. The van der Waals surface area contributed by atoms with Gasteiger partial charge in [-0.1, -0.05) is 25.1 Å². The number of hydrogen-bond donors (Lipinski definition) is 2. The Morgan fingerprint density at radius 2 is 1.72 bits per heavy atom. The van der Waals surface area contributed by atoms with E-state index in [4.69, 9.17) is 4.74 Å². The molecule has 2 rings (SSSR count). The van der Waals surface area contributed by atoms with Gasteiger partial charge in [-0.05, 0) is 63.1 Å². The fourth-order valence-electron chi connectivity index (χ4n) is 2.98. The number of nitrogens with zero attached hydrogens (tertiary/aromatic N) is 1. The Kier molecular flexibility index (Phi) is 9.07. The van der Waals surface area contributed by atoms with Gasteiger partial charge in [0.15, 0.2) is 0 Å². The van der Waals surface area contributed by atoms with E-state index in [-0.39, 0.29) is 25.1 Å². The highest BCUT2D eigenvalue weighted by atomic mass is 32.2. The predicted octanol–water partition coefficient (Wildman–Crippen LogP) is 3.40. The molecule has 174 valence electrons. The third-order valence-corrected chi connectivity index (χ3v) is 5.59. The van der Waals surface area contributed by atoms with E-state index < -0.39 is 21.7 Å². The first-order valence-electron chi connectivity index (χ1n) is 10.5. The van der Waals surface area contributed by atoms with Gasteiger partial charge < -0.3 is 15.0 Å². The Bertz CT molecular complexity index is 1020. The fourth-order valence-corrected chi connectivity index (χ4v) is 4.06. The summed E-state index contributed by atoms with van der Waals surface area (Å²) in [7, 11) is -3.95. The van der Waals surface area contributed by atoms with E-state index in [0.29, 0.717) is 23.5 Å². The lowest BCUT2D eigenvalue weighted by molar-refractivity contribution is -0.132. The number of carbonyl (C=O) groups is 2. The van der Waals surface area contributed by atoms with Crippen LogP contribution in [0.2, 0.25) is 0 Å². The van der Waals surface area contributed by atoms with E-state index >= 15 is 0 Å². The van der Waals surface area contributed by atoms with Crippen LogP contribution < -0.4 is 14.8 Å². The quantitative estimate of drug-likeness (QED) is 0.534. The molecule has 2 aromatic carbocycles. The van der Waals surface area contributed by atoms with Gasteiger partial charge in [-0.15, -0.1) is 0 Å². The number of hydrogen-bond acceptors (Lipinski definition) is 5. The summed E-state index contributed by atoms with van der Waals surface area (Å²) in [4.78, 5) is 26.4. The summed E-state index contributed by atoms with van der Waals surface area (Å²) >= 11 is 0. The molecule has 0 unspecified atom stereocenters. The summed E-state index contributed by atoms with van der Waals surface area (Å²) in [5, 5.41) is 2.77. The van der Waals surface area contributed by atoms with Gasteiger partial charge in [0.1, 0.15) is 11.5 Å². The molecule has 2 N–H and O–H groups in total. The number of rotatable bonds is 11. The zero-order chi connectivity index (χ0) is 23.7. The van der Waals surface area contributed by atoms with Gasteiger partial charge in [-0.25, -0.2) is 8.42 Å². The SMILES string of the molecule is CCCN(CC(=O)Nc1ccccc1C)C(=O)CS(=O)(=O)Nc1ccc(OC(C)C)cc1. The van der Waals surface area contributed by atoms with Crippen LogP contribution in [0, 0.1) is 6.92 Å². The Balaban J connectivity index is 1.99. The summed E-state index contributed by atoms with van der Waals surface area (Å²) in [6, 6.07) is 13.7. The monoisotopic (exact) mass is 461 g/mol. The van der Waals surface area contributed by atoms with Crippen molar-refractivity contribution in [1.29, 1.82) is 0 Å². The summed E-state index contributed by atoms with van der Waals surface area (Å²) in [5.41, 5.74) is 1.87. The molecule has 0 saturated carbocycles. The lowest BCUT2D eigenvalue weighted by Crippen LogP contribution is -2.42.